The fraction of sp³-hybridized carbons (Fsp3) is 0.875. The van der Waals surface area contributed by atoms with E-state index in [2.05, 4.69) is 26.1 Å². The minimum Gasteiger partial charge on any atom is -0.480 e. The maximum atomic E-state index is 12.4. The predicted octanol–water partition coefficient (Wildman–Crippen LogP) is 3.10. The minimum atomic E-state index is -1.08. The third-order valence-corrected chi connectivity index (χ3v) is 4.55. The van der Waals surface area contributed by atoms with Gasteiger partial charge in [0.2, 0.25) is 0 Å². The largest absolute Gasteiger partial charge is 0.480 e. The van der Waals surface area contributed by atoms with E-state index in [-0.39, 0.29) is 6.03 Å². The number of hydrogen-bond acceptors (Lipinski definition) is 2. The number of nitrogens with zero attached hydrogens (tertiary/aromatic N) is 1. The van der Waals surface area contributed by atoms with Crippen LogP contribution in [-0.2, 0) is 4.79 Å². The zero-order chi connectivity index (χ0) is 16.0. The first-order valence-electron chi connectivity index (χ1n) is 8.15. The molecule has 0 atom stereocenters. The molecule has 0 aliphatic heterocycles. The molecule has 1 aliphatic rings. The van der Waals surface area contributed by atoms with E-state index in [1.165, 1.54) is 0 Å². The molecule has 0 saturated heterocycles. The zero-order valence-corrected chi connectivity index (χ0v) is 13.8. The fourth-order valence-corrected chi connectivity index (χ4v) is 3.05. The van der Waals surface area contributed by atoms with Crippen molar-refractivity contribution >= 4 is 12.0 Å². The molecular formula is C16H30N2O3. The third-order valence-electron chi connectivity index (χ3n) is 4.55. The van der Waals surface area contributed by atoms with Gasteiger partial charge >= 0.3 is 12.0 Å². The molecule has 1 saturated carbocycles. The Hall–Kier alpha value is -1.26. The molecule has 0 radical (unpaired) electrons. The molecule has 0 aromatic heterocycles. The first-order chi connectivity index (χ1) is 9.84. The summed E-state index contributed by atoms with van der Waals surface area (Å²) >= 11 is 0. The lowest BCUT2D eigenvalue weighted by Gasteiger charge is -2.38. The van der Waals surface area contributed by atoms with Crippen LogP contribution in [0, 0.1) is 11.8 Å². The molecular weight excluding hydrogens is 268 g/mol. The van der Waals surface area contributed by atoms with Gasteiger partial charge in [0.1, 0.15) is 5.54 Å². The second-order valence-corrected chi connectivity index (χ2v) is 6.60. The van der Waals surface area contributed by atoms with Gasteiger partial charge in [0.05, 0.1) is 0 Å². The van der Waals surface area contributed by atoms with Crippen molar-refractivity contribution in [2.45, 2.75) is 65.3 Å². The molecule has 0 aromatic rings. The van der Waals surface area contributed by atoms with Gasteiger partial charge in [-0.1, -0.05) is 27.2 Å². The summed E-state index contributed by atoms with van der Waals surface area (Å²) < 4.78 is 0. The van der Waals surface area contributed by atoms with E-state index in [4.69, 9.17) is 0 Å². The summed E-state index contributed by atoms with van der Waals surface area (Å²) in [4.78, 5) is 25.8. The molecule has 1 fully saturated rings. The van der Waals surface area contributed by atoms with E-state index < -0.39 is 11.5 Å². The quantitative estimate of drug-likeness (QED) is 0.791. The second-order valence-electron chi connectivity index (χ2n) is 6.60. The van der Waals surface area contributed by atoms with Crippen molar-refractivity contribution in [3.63, 3.8) is 0 Å². The average Bonchev–Trinajstić information content (AvgIpc) is 2.44. The molecule has 21 heavy (non-hydrogen) atoms. The van der Waals surface area contributed by atoms with Gasteiger partial charge in [0, 0.05) is 13.1 Å². The lowest BCUT2D eigenvalue weighted by atomic mass is 9.75. The van der Waals surface area contributed by atoms with Crippen LogP contribution in [0.4, 0.5) is 4.79 Å². The normalized spacial score (nSPS) is 25.7. The molecule has 0 spiro atoms. The van der Waals surface area contributed by atoms with Crippen molar-refractivity contribution in [1.82, 2.24) is 10.2 Å². The smallest absolute Gasteiger partial charge is 0.329 e. The van der Waals surface area contributed by atoms with Crippen LogP contribution in [0.25, 0.3) is 0 Å². The summed E-state index contributed by atoms with van der Waals surface area (Å²) in [5.74, 6) is 0.0608. The van der Waals surface area contributed by atoms with Crippen LogP contribution >= 0.6 is 0 Å². The lowest BCUT2D eigenvalue weighted by Crippen LogP contribution is -2.59. The molecule has 122 valence electrons. The highest BCUT2D eigenvalue weighted by Gasteiger charge is 2.43. The molecule has 5 nitrogen and oxygen atoms in total. The fourth-order valence-electron chi connectivity index (χ4n) is 3.05. The SMILES string of the molecule is CCC1CCC(NC(=O)N(CC)CC(C)C)(C(=O)O)CC1. The van der Waals surface area contributed by atoms with Gasteiger partial charge in [-0.15, -0.1) is 0 Å². The van der Waals surface area contributed by atoms with Crippen molar-refractivity contribution in [2.75, 3.05) is 13.1 Å². The number of carbonyl (C=O) groups is 2. The number of carboxylic acids is 1. The maximum Gasteiger partial charge on any atom is 0.329 e. The van der Waals surface area contributed by atoms with Gasteiger partial charge in [-0.2, -0.15) is 0 Å². The monoisotopic (exact) mass is 298 g/mol. The number of aliphatic carboxylic acids is 1. The Morgan fingerprint density at radius 3 is 2.24 bits per heavy atom. The second kappa shape index (κ2) is 7.66. The third kappa shape index (κ3) is 4.61. The van der Waals surface area contributed by atoms with Gasteiger partial charge in [0.25, 0.3) is 0 Å². The average molecular weight is 298 g/mol. The Morgan fingerprint density at radius 2 is 1.86 bits per heavy atom. The Kier molecular flexibility index (Phi) is 6.49. The number of nitrogens with one attached hydrogen (secondary N) is 1. The standard InChI is InChI=1S/C16H30N2O3/c1-5-13-7-9-16(10-8-13,14(19)20)17-15(21)18(6-2)11-12(3)4/h12-13H,5-11H2,1-4H3,(H,17,21)(H,19,20). The van der Waals surface area contributed by atoms with Crippen LogP contribution in [0.2, 0.25) is 0 Å². The van der Waals surface area contributed by atoms with Crippen molar-refractivity contribution in [1.29, 1.82) is 0 Å². The lowest BCUT2D eigenvalue weighted by molar-refractivity contribution is -0.146. The highest BCUT2D eigenvalue weighted by Crippen LogP contribution is 2.34. The number of amides is 2. The zero-order valence-electron chi connectivity index (χ0n) is 13.8. The topological polar surface area (TPSA) is 69.6 Å². The van der Waals surface area contributed by atoms with E-state index in [0.29, 0.717) is 37.8 Å². The molecule has 1 rings (SSSR count). The van der Waals surface area contributed by atoms with Crippen molar-refractivity contribution in [2.24, 2.45) is 11.8 Å². The van der Waals surface area contributed by atoms with Gasteiger partial charge in [-0.25, -0.2) is 9.59 Å². The number of urea groups is 1. The first kappa shape index (κ1) is 17.8. The number of carbonyl (C=O) groups excluding carboxylic acids is 1. The molecule has 0 aromatic carbocycles. The number of rotatable bonds is 6. The van der Waals surface area contributed by atoms with Crippen molar-refractivity contribution in [3.8, 4) is 0 Å². The molecule has 5 heteroatoms. The van der Waals surface area contributed by atoms with E-state index in [9.17, 15) is 14.7 Å². The van der Waals surface area contributed by atoms with Gasteiger partial charge < -0.3 is 15.3 Å². The van der Waals surface area contributed by atoms with E-state index in [1.54, 1.807) is 4.90 Å². The highest BCUT2D eigenvalue weighted by atomic mass is 16.4. The molecule has 0 unspecified atom stereocenters. The molecule has 0 bridgehead atoms. The van der Waals surface area contributed by atoms with E-state index in [0.717, 1.165) is 19.3 Å². The maximum absolute atomic E-state index is 12.4. The van der Waals surface area contributed by atoms with Crippen LogP contribution in [0.5, 0.6) is 0 Å². The summed E-state index contributed by atoms with van der Waals surface area (Å²) in [6.07, 6.45) is 3.90. The van der Waals surface area contributed by atoms with Crippen molar-refractivity contribution < 1.29 is 14.7 Å². The Morgan fingerprint density at radius 1 is 1.29 bits per heavy atom. The van der Waals surface area contributed by atoms with E-state index in [1.807, 2.05) is 6.92 Å². The van der Waals surface area contributed by atoms with Crippen molar-refractivity contribution in [3.05, 3.63) is 0 Å². The number of carboxylic acid groups (broad SMARTS) is 1. The molecule has 2 N–H and O–H groups in total. The number of hydrogen-bond donors (Lipinski definition) is 2. The van der Waals surface area contributed by atoms with Gasteiger partial charge in [-0.3, -0.25) is 0 Å². The van der Waals surface area contributed by atoms with Crippen LogP contribution in [-0.4, -0.2) is 40.6 Å². The first-order valence-corrected chi connectivity index (χ1v) is 8.15. The van der Waals surface area contributed by atoms with Crippen LogP contribution in [0.15, 0.2) is 0 Å². The van der Waals surface area contributed by atoms with E-state index >= 15 is 0 Å². The Bertz CT molecular complexity index is 361. The predicted molar refractivity (Wildman–Crippen MR) is 83.2 cm³/mol. The summed E-state index contributed by atoms with van der Waals surface area (Å²) in [6.45, 7) is 9.40. The van der Waals surface area contributed by atoms with Gasteiger partial charge in [-0.05, 0) is 44.4 Å². The van der Waals surface area contributed by atoms with Crippen LogP contribution in [0.1, 0.15) is 59.8 Å². The molecule has 0 heterocycles. The Balaban J connectivity index is 2.74. The minimum absolute atomic E-state index is 0.247. The van der Waals surface area contributed by atoms with Crippen LogP contribution < -0.4 is 5.32 Å². The summed E-state index contributed by atoms with van der Waals surface area (Å²) in [6, 6.07) is -0.247. The van der Waals surface area contributed by atoms with Crippen LogP contribution in [0.3, 0.4) is 0 Å². The summed E-state index contributed by atoms with van der Waals surface area (Å²) in [5.41, 5.74) is -1.08. The highest BCUT2D eigenvalue weighted by molar-refractivity contribution is 5.86. The van der Waals surface area contributed by atoms with Gasteiger partial charge in [0.15, 0.2) is 0 Å². The Labute approximate surface area is 128 Å². The summed E-state index contributed by atoms with van der Waals surface area (Å²) in [5, 5.41) is 12.4. The molecule has 2 amide bonds. The summed E-state index contributed by atoms with van der Waals surface area (Å²) in [7, 11) is 0. The molecule has 1 aliphatic carbocycles.